The normalized spacial score (nSPS) is 12.8. The van der Waals surface area contributed by atoms with Crippen LogP contribution in [0.2, 0.25) is 0 Å². The van der Waals surface area contributed by atoms with Gasteiger partial charge in [0.05, 0.1) is 0 Å². The molecule has 1 heterocycles. The average Bonchev–Trinajstić information content (AvgIpc) is 2.71. The molecule has 0 aliphatic carbocycles. The van der Waals surface area contributed by atoms with Crippen LogP contribution in [0.1, 0.15) is 4.88 Å². The van der Waals surface area contributed by atoms with Gasteiger partial charge in [-0.2, -0.15) is 11.8 Å². The highest BCUT2D eigenvalue weighted by Crippen LogP contribution is 2.28. The number of carbonyl (C=O) groups is 1. The maximum absolute atomic E-state index is 10.5. The summed E-state index contributed by atoms with van der Waals surface area (Å²) in [6, 6.07) is 9.61. The van der Waals surface area contributed by atoms with Crippen molar-refractivity contribution < 1.29 is 9.90 Å². The van der Waals surface area contributed by atoms with Gasteiger partial charge in [0.1, 0.15) is 6.04 Å². The minimum absolute atomic E-state index is 0.448. The molecule has 3 nitrogen and oxygen atoms in total. The lowest BCUT2D eigenvalue weighted by Crippen LogP contribution is -2.32. The van der Waals surface area contributed by atoms with E-state index >= 15 is 0 Å². The van der Waals surface area contributed by atoms with E-state index in [1.54, 1.807) is 23.1 Å². The van der Waals surface area contributed by atoms with Gasteiger partial charge in [0.15, 0.2) is 0 Å². The summed E-state index contributed by atoms with van der Waals surface area (Å²) in [5.41, 5.74) is 5.44. The van der Waals surface area contributed by atoms with Crippen LogP contribution in [0, 0.1) is 0 Å². The molecule has 0 fully saturated rings. The van der Waals surface area contributed by atoms with Crippen LogP contribution >= 0.6 is 23.1 Å². The highest BCUT2D eigenvalue weighted by atomic mass is 32.2. The number of fused-ring (bicyclic) bond motifs is 1. The zero-order chi connectivity index (χ0) is 12.3. The lowest BCUT2D eigenvalue weighted by Gasteiger charge is -2.04. The number of thioether (sulfide) groups is 1. The Morgan fingerprint density at radius 2 is 2.24 bits per heavy atom. The van der Waals surface area contributed by atoms with Gasteiger partial charge in [-0.05, 0) is 17.5 Å². The fourth-order valence-corrected chi connectivity index (χ4v) is 3.61. The van der Waals surface area contributed by atoms with Gasteiger partial charge in [0, 0.05) is 21.1 Å². The number of carboxylic acid groups (broad SMARTS) is 1. The Balaban J connectivity index is 1.93. The van der Waals surface area contributed by atoms with Crippen LogP contribution in [-0.2, 0) is 10.5 Å². The second-order valence-corrected chi connectivity index (χ2v) is 5.91. The van der Waals surface area contributed by atoms with Crippen LogP contribution in [0.4, 0.5) is 0 Å². The third-order valence-corrected chi connectivity index (χ3v) is 4.74. The van der Waals surface area contributed by atoms with E-state index in [1.807, 2.05) is 12.1 Å². The van der Waals surface area contributed by atoms with Crippen molar-refractivity contribution in [3.63, 3.8) is 0 Å². The van der Waals surface area contributed by atoms with Gasteiger partial charge >= 0.3 is 5.97 Å². The third kappa shape index (κ3) is 3.21. The van der Waals surface area contributed by atoms with E-state index in [0.29, 0.717) is 5.75 Å². The van der Waals surface area contributed by atoms with E-state index in [0.717, 1.165) is 5.75 Å². The van der Waals surface area contributed by atoms with Crippen LogP contribution in [-0.4, -0.2) is 22.9 Å². The van der Waals surface area contributed by atoms with Gasteiger partial charge in [-0.3, -0.25) is 4.79 Å². The largest absolute Gasteiger partial charge is 0.480 e. The number of carboxylic acids is 1. The molecule has 0 aliphatic heterocycles. The van der Waals surface area contributed by atoms with Crippen molar-refractivity contribution in [1.29, 1.82) is 0 Å². The number of hydrogen-bond acceptors (Lipinski definition) is 4. The zero-order valence-electron chi connectivity index (χ0n) is 9.13. The van der Waals surface area contributed by atoms with Crippen molar-refractivity contribution in [2.24, 2.45) is 5.73 Å². The quantitative estimate of drug-likeness (QED) is 0.874. The zero-order valence-corrected chi connectivity index (χ0v) is 10.8. The molecule has 0 saturated carbocycles. The van der Waals surface area contributed by atoms with Crippen molar-refractivity contribution in [2.45, 2.75) is 11.8 Å². The molecule has 17 heavy (non-hydrogen) atoms. The Labute approximate surface area is 108 Å². The summed E-state index contributed by atoms with van der Waals surface area (Å²) >= 11 is 3.31. The second kappa shape index (κ2) is 5.53. The molecule has 1 unspecified atom stereocenters. The van der Waals surface area contributed by atoms with Crippen LogP contribution in [0.25, 0.3) is 10.1 Å². The number of thiophene rings is 1. The SMILES string of the molecule is NC(CSCc1cc2ccccc2s1)C(=O)O. The van der Waals surface area contributed by atoms with Gasteiger partial charge in [-0.25, -0.2) is 0 Å². The molecule has 5 heteroatoms. The standard InChI is InChI=1S/C12H13NO2S2/c13-10(12(14)15)7-16-6-9-5-8-3-1-2-4-11(8)17-9/h1-5,10H,6-7,13H2,(H,14,15). The minimum Gasteiger partial charge on any atom is -0.480 e. The fraction of sp³-hybridized carbons (Fsp3) is 0.250. The molecule has 3 N–H and O–H groups in total. The number of aliphatic carboxylic acids is 1. The molecule has 1 aromatic carbocycles. The molecular weight excluding hydrogens is 254 g/mol. The van der Waals surface area contributed by atoms with Crippen molar-refractivity contribution >= 4 is 39.2 Å². The summed E-state index contributed by atoms with van der Waals surface area (Å²) in [6.07, 6.45) is 0. The molecule has 0 amide bonds. The molecule has 2 rings (SSSR count). The molecule has 90 valence electrons. The molecule has 2 aromatic rings. The summed E-state index contributed by atoms with van der Waals surface area (Å²) in [5.74, 6) is 0.332. The van der Waals surface area contributed by atoms with Gasteiger partial charge in [-0.1, -0.05) is 18.2 Å². The first kappa shape index (κ1) is 12.4. The number of rotatable bonds is 5. The third-order valence-electron chi connectivity index (χ3n) is 2.34. The molecule has 1 aromatic heterocycles. The van der Waals surface area contributed by atoms with Crippen molar-refractivity contribution in [3.8, 4) is 0 Å². The van der Waals surface area contributed by atoms with Gasteiger partial charge in [-0.15, -0.1) is 11.3 Å². The van der Waals surface area contributed by atoms with E-state index < -0.39 is 12.0 Å². The average molecular weight is 267 g/mol. The first-order chi connectivity index (χ1) is 8.16. The summed E-state index contributed by atoms with van der Waals surface area (Å²) in [4.78, 5) is 11.8. The summed E-state index contributed by atoms with van der Waals surface area (Å²) < 4.78 is 1.27. The van der Waals surface area contributed by atoms with Crippen molar-refractivity contribution in [1.82, 2.24) is 0 Å². The maximum atomic E-state index is 10.5. The van der Waals surface area contributed by atoms with Crippen LogP contribution < -0.4 is 5.73 Å². The predicted molar refractivity (Wildman–Crippen MR) is 73.6 cm³/mol. The van der Waals surface area contributed by atoms with Gasteiger partial charge < -0.3 is 10.8 Å². The van der Waals surface area contributed by atoms with E-state index in [2.05, 4.69) is 18.2 Å². The monoisotopic (exact) mass is 267 g/mol. The molecule has 0 spiro atoms. The highest BCUT2D eigenvalue weighted by molar-refractivity contribution is 7.98. The van der Waals surface area contributed by atoms with Crippen molar-refractivity contribution in [3.05, 3.63) is 35.2 Å². The molecule has 0 saturated heterocycles. The topological polar surface area (TPSA) is 63.3 Å². The lowest BCUT2D eigenvalue weighted by atomic mass is 10.2. The fourth-order valence-electron chi connectivity index (χ4n) is 1.47. The minimum atomic E-state index is -0.936. The summed E-state index contributed by atoms with van der Waals surface area (Å²) in [5, 5.41) is 9.90. The van der Waals surface area contributed by atoms with E-state index in [4.69, 9.17) is 10.8 Å². The molecule has 0 aliphatic rings. The Bertz CT molecular complexity index is 491. The van der Waals surface area contributed by atoms with E-state index in [1.165, 1.54) is 15.0 Å². The maximum Gasteiger partial charge on any atom is 0.321 e. The van der Waals surface area contributed by atoms with Gasteiger partial charge in [0.2, 0.25) is 0 Å². The second-order valence-electron chi connectivity index (χ2n) is 3.71. The molecular formula is C12H13NO2S2. The number of benzene rings is 1. The van der Waals surface area contributed by atoms with Gasteiger partial charge in [0.25, 0.3) is 0 Å². The Morgan fingerprint density at radius 1 is 1.47 bits per heavy atom. The lowest BCUT2D eigenvalue weighted by molar-refractivity contribution is -0.137. The van der Waals surface area contributed by atoms with Crippen LogP contribution in [0.5, 0.6) is 0 Å². The van der Waals surface area contributed by atoms with Crippen molar-refractivity contribution in [2.75, 3.05) is 5.75 Å². The summed E-state index contributed by atoms with van der Waals surface area (Å²) in [6.45, 7) is 0. The highest BCUT2D eigenvalue weighted by Gasteiger charge is 2.11. The Kier molecular flexibility index (Phi) is 4.04. The number of hydrogen-bond donors (Lipinski definition) is 2. The predicted octanol–water partition coefficient (Wildman–Crippen LogP) is 2.55. The first-order valence-electron chi connectivity index (χ1n) is 5.20. The molecule has 0 radical (unpaired) electrons. The van der Waals surface area contributed by atoms with Crippen LogP contribution in [0.3, 0.4) is 0 Å². The van der Waals surface area contributed by atoms with E-state index in [-0.39, 0.29) is 0 Å². The Hall–Kier alpha value is -1.04. The van der Waals surface area contributed by atoms with E-state index in [9.17, 15) is 4.79 Å². The smallest absolute Gasteiger partial charge is 0.321 e. The first-order valence-corrected chi connectivity index (χ1v) is 7.17. The molecule has 0 bridgehead atoms. The number of nitrogens with two attached hydrogens (primary N) is 1. The molecule has 1 atom stereocenters. The van der Waals surface area contributed by atoms with Crippen LogP contribution in [0.15, 0.2) is 30.3 Å². The summed E-state index contributed by atoms with van der Waals surface area (Å²) in [7, 11) is 0. The Morgan fingerprint density at radius 3 is 2.94 bits per heavy atom.